The summed E-state index contributed by atoms with van der Waals surface area (Å²) >= 11 is 1.92. The maximum absolute atomic E-state index is 11.8. The number of aromatic nitrogens is 2. The van der Waals surface area contributed by atoms with E-state index >= 15 is 0 Å². The number of aromatic amines is 1. The lowest BCUT2D eigenvalue weighted by Gasteiger charge is -2.31. The molecule has 1 aliphatic heterocycles. The fourth-order valence-electron chi connectivity index (χ4n) is 2.29. The van der Waals surface area contributed by atoms with Crippen molar-refractivity contribution in [2.45, 2.75) is 31.5 Å². The van der Waals surface area contributed by atoms with Gasteiger partial charge >= 0.3 is 0 Å². The van der Waals surface area contributed by atoms with E-state index in [-0.39, 0.29) is 11.6 Å². The Morgan fingerprint density at radius 3 is 3.16 bits per heavy atom. The fourth-order valence-corrected chi connectivity index (χ4v) is 3.51. The minimum atomic E-state index is -0.0402. The highest BCUT2D eigenvalue weighted by Crippen LogP contribution is 2.25. The minimum Gasteiger partial charge on any atom is -0.309 e. The van der Waals surface area contributed by atoms with Gasteiger partial charge in [0.25, 0.3) is 5.56 Å². The van der Waals surface area contributed by atoms with E-state index in [0.717, 1.165) is 29.6 Å². The van der Waals surface area contributed by atoms with Gasteiger partial charge in [0.2, 0.25) is 0 Å². The third-order valence-corrected chi connectivity index (χ3v) is 4.70. The van der Waals surface area contributed by atoms with Crippen molar-refractivity contribution in [3.63, 3.8) is 0 Å². The quantitative estimate of drug-likeness (QED) is 0.852. The van der Waals surface area contributed by atoms with E-state index in [1.165, 1.54) is 12.8 Å². The molecule has 0 bridgehead atoms. The van der Waals surface area contributed by atoms with E-state index < -0.39 is 0 Å². The zero-order chi connectivity index (χ0) is 13.2. The lowest BCUT2D eigenvalue weighted by molar-refractivity contribution is 0.263. The summed E-state index contributed by atoms with van der Waals surface area (Å²) < 4.78 is 0. The Kier molecular flexibility index (Phi) is 3.91. The van der Waals surface area contributed by atoms with Crippen LogP contribution in [0.25, 0.3) is 0 Å². The van der Waals surface area contributed by atoms with Crippen LogP contribution in [0.1, 0.15) is 30.4 Å². The average molecular weight is 280 g/mol. The number of hydrogen-bond donors (Lipinski definition) is 2. The van der Waals surface area contributed by atoms with Gasteiger partial charge in [-0.2, -0.15) is 11.8 Å². The van der Waals surface area contributed by atoms with Gasteiger partial charge in [-0.25, -0.2) is 4.98 Å². The zero-order valence-corrected chi connectivity index (χ0v) is 12.0. The fraction of sp³-hybridized carbons (Fsp3) is 0.692. The molecule has 6 heteroatoms. The van der Waals surface area contributed by atoms with Crippen LogP contribution in [0.2, 0.25) is 0 Å². The summed E-state index contributed by atoms with van der Waals surface area (Å²) in [7, 11) is 2.10. The van der Waals surface area contributed by atoms with E-state index in [0.29, 0.717) is 12.6 Å². The molecule has 104 valence electrons. The van der Waals surface area contributed by atoms with Gasteiger partial charge in [0.15, 0.2) is 0 Å². The molecular formula is C13H20N4OS. The number of thioether (sulfide) groups is 1. The standard InChI is InChI=1S/C13H20N4OS/c1-17-4-5-19-8-11(17)13-15-10(6-12(18)16-13)7-14-9-2-3-9/h6,9,11,14H,2-5,7-8H2,1H3,(H,15,16,18). The number of rotatable bonds is 4. The van der Waals surface area contributed by atoms with Crippen molar-refractivity contribution in [3.8, 4) is 0 Å². The highest BCUT2D eigenvalue weighted by molar-refractivity contribution is 7.99. The third kappa shape index (κ3) is 3.38. The lowest BCUT2D eigenvalue weighted by atomic mass is 10.2. The first-order chi connectivity index (χ1) is 9.22. The molecule has 1 aliphatic carbocycles. The summed E-state index contributed by atoms with van der Waals surface area (Å²) in [6.45, 7) is 1.74. The molecule has 2 N–H and O–H groups in total. The second kappa shape index (κ2) is 5.64. The zero-order valence-electron chi connectivity index (χ0n) is 11.2. The largest absolute Gasteiger partial charge is 0.309 e. The molecule has 5 nitrogen and oxygen atoms in total. The molecule has 0 amide bonds. The molecule has 0 radical (unpaired) electrons. The maximum Gasteiger partial charge on any atom is 0.251 e. The minimum absolute atomic E-state index is 0.0402. The Morgan fingerprint density at radius 1 is 1.58 bits per heavy atom. The van der Waals surface area contributed by atoms with E-state index in [1.807, 2.05) is 11.8 Å². The summed E-state index contributed by atoms with van der Waals surface area (Å²) in [4.78, 5) is 21.6. The first-order valence-corrected chi connectivity index (χ1v) is 7.99. The molecule has 1 saturated heterocycles. The summed E-state index contributed by atoms with van der Waals surface area (Å²) in [5.41, 5.74) is 0.816. The van der Waals surface area contributed by atoms with Crippen molar-refractivity contribution in [1.29, 1.82) is 0 Å². The average Bonchev–Trinajstić information content (AvgIpc) is 3.20. The van der Waals surface area contributed by atoms with Crippen molar-refractivity contribution in [2.75, 3.05) is 25.1 Å². The van der Waals surface area contributed by atoms with Crippen LogP contribution in [0.5, 0.6) is 0 Å². The molecule has 19 heavy (non-hydrogen) atoms. The maximum atomic E-state index is 11.8. The predicted octanol–water partition coefficient (Wildman–Crippen LogP) is 0.742. The van der Waals surface area contributed by atoms with Gasteiger partial charge < -0.3 is 10.3 Å². The Bertz CT molecular complexity index is 500. The van der Waals surface area contributed by atoms with E-state index in [4.69, 9.17) is 0 Å². The first kappa shape index (κ1) is 13.1. The molecule has 2 aliphatic rings. The van der Waals surface area contributed by atoms with Crippen molar-refractivity contribution < 1.29 is 0 Å². The Hall–Kier alpha value is -0.850. The van der Waals surface area contributed by atoms with Crippen LogP contribution in [0, 0.1) is 0 Å². The predicted molar refractivity (Wildman–Crippen MR) is 77.4 cm³/mol. The topological polar surface area (TPSA) is 61.0 Å². The van der Waals surface area contributed by atoms with Crippen LogP contribution in [0.4, 0.5) is 0 Å². The first-order valence-electron chi connectivity index (χ1n) is 6.84. The molecular weight excluding hydrogens is 260 g/mol. The second-order valence-electron chi connectivity index (χ2n) is 5.35. The molecule has 1 aromatic rings. The van der Waals surface area contributed by atoms with Crippen LogP contribution in [0.3, 0.4) is 0 Å². The summed E-state index contributed by atoms with van der Waals surface area (Å²) in [6, 6.07) is 2.47. The number of hydrogen-bond acceptors (Lipinski definition) is 5. The van der Waals surface area contributed by atoms with Crippen molar-refractivity contribution in [3.05, 3.63) is 27.9 Å². The van der Waals surface area contributed by atoms with Crippen LogP contribution >= 0.6 is 11.8 Å². The van der Waals surface area contributed by atoms with Gasteiger partial charge in [-0.15, -0.1) is 0 Å². The lowest BCUT2D eigenvalue weighted by Crippen LogP contribution is -2.35. The van der Waals surface area contributed by atoms with E-state index in [9.17, 15) is 4.79 Å². The third-order valence-electron chi connectivity index (χ3n) is 3.67. The number of nitrogens with one attached hydrogen (secondary N) is 2. The second-order valence-corrected chi connectivity index (χ2v) is 6.50. The van der Waals surface area contributed by atoms with Crippen LogP contribution in [-0.2, 0) is 6.54 Å². The normalized spacial score (nSPS) is 24.6. The van der Waals surface area contributed by atoms with Gasteiger partial charge in [0, 0.05) is 36.7 Å². The van der Waals surface area contributed by atoms with Crippen molar-refractivity contribution in [2.24, 2.45) is 0 Å². The van der Waals surface area contributed by atoms with Crippen molar-refractivity contribution in [1.82, 2.24) is 20.2 Å². The monoisotopic (exact) mass is 280 g/mol. The van der Waals surface area contributed by atoms with Gasteiger partial charge in [0.1, 0.15) is 5.82 Å². The highest BCUT2D eigenvalue weighted by Gasteiger charge is 2.24. The molecule has 0 aromatic carbocycles. The highest BCUT2D eigenvalue weighted by atomic mass is 32.2. The molecule has 1 unspecified atom stereocenters. The summed E-state index contributed by atoms with van der Waals surface area (Å²) in [5, 5.41) is 3.41. The van der Waals surface area contributed by atoms with Gasteiger partial charge in [0.05, 0.1) is 11.7 Å². The van der Waals surface area contributed by atoms with E-state index in [1.54, 1.807) is 6.07 Å². The molecule has 2 fully saturated rings. The Morgan fingerprint density at radius 2 is 2.42 bits per heavy atom. The number of nitrogens with zero attached hydrogens (tertiary/aromatic N) is 2. The molecule has 1 saturated carbocycles. The molecule has 3 rings (SSSR count). The van der Waals surface area contributed by atoms with Crippen molar-refractivity contribution >= 4 is 11.8 Å². The Labute approximate surface area is 117 Å². The summed E-state index contributed by atoms with van der Waals surface area (Å²) in [5.74, 6) is 2.97. The SMILES string of the molecule is CN1CCSCC1c1nc(CNC2CC2)cc(=O)[nH]1. The smallest absolute Gasteiger partial charge is 0.251 e. The van der Waals surface area contributed by atoms with Crippen LogP contribution in [-0.4, -0.2) is 46.0 Å². The molecule has 1 atom stereocenters. The van der Waals surface area contributed by atoms with Gasteiger partial charge in [-0.1, -0.05) is 0 Å². The van der Waals surface area contributed by atoms with E-state index in [2.05, 4.69) is 27.2 Å². The molecule has 1 aromatic heterocycles. The van der Waals surface area contributed by atoms with Gasteiger partial charge in [-0.3, -0.25) is 9.69 Å². The van der Waals surface area contributed by atoms with Crippen LogP contribution in [0.15, 0.2) is 10.9 Å². The Balaban J connectivity index is 1.77. The number of H-pyrrole nitrogens is 1. The molecule has 0 spiro atoms. The van der Waals surface area contributed by atoms with Gasteiger partial charge in [-0.05, 0) is 19.9 Å². The van der Waals surface area contributed by atoms with Crippen LogP contribution < -0.4 is 10.9 Å². The summed E-state index contributed by atoms with van der Waals surface area (Å²) in [6.07, 6.45) is 2.50. The molecule has 2 heterocycles.